The van der Waals surface area contributed by atoms with Gasteiger partial charge in [0.2, 0.25) is 0 Å². The topological polar surface area (TPSA) is 21.3 Å². The Labute approximate surface area is 101 Å². The predicted octanol–water partition coefficient (Wildman–Crippen LogP) is 3.22. The van der Waals surface area contributed by atoms with Gasteiger partial charge in [0.25, 0.3) is 0 Å². The van der Waals surface area contributed by atoms with Crippen molar-refractivity contribution < 1.29 is 4.74 Å². The first kappa shape index (κ1) is 14.0. The smallest absolute Gasteiger partial charge is 0.0599 e. The van der Waals surface area contributed by atoms with Crippen LogP contribution in [0.3, 0.4) is 0 Å². The molecule has 0 radical (unpaired) electrons. The molecule has 0 amide bonds. The largest absolute Gasteiger partial charge is 0.375 e. The van der Waals surface area contributed by atoms with E-state index in [0.717, 1.165) is 25.0 Å². The van der Waals surface area contributed by atoms with E-state index >= 15 is 0 Å². The van der Waals surface area contributed by atoms with Gasteiger partial charge >= 0.3 is 0 Å². The van der Waals surface area contributed by atoms with Crippen LogP contribution in [0.5, 0.6) is 0 Å². The lowest BCUT2D eigenvalue weighted by molar-refractivity contribution is -0.00199. The van der Waals surface area contributed by atoms with E-state index in [1.165, 1.54) is 19.3 Å². The third kappa shape index (κ3) is 4.42. The number of ether oxygens (including phenoxy) is 1. The van der Waals surface area contributed by atoms with Gasteiger partial charge in [-0.2, -0.15) is 0 Å². The van der Waals surface area contributed by atoms with Gasteiger partial charge in [0.1, 0.15) is 0 Å². The highest BCUT2D eigenvalue weighted by atomic mass is 16.5. The van der Waals surface area contributed by atoms with E-state index in [1.54, 1.807) is 0 Å². The first-order chi connectivity index (χ1) is 7.44. The summed E-state index contributed by atoms with van der Waals surface area (Å²) in [5.74, 6) is 1.76. The van der Waals surface area contributed by atoms with Crippen molar-refractivity contribution in [1.82, 2.24) is 5.32 Å². The van der Waals surface area contributed by atoms with Crippen molar-refractivity contribution in [1.29, 1.82) is 0 Å². The first-order valence-electron chi connectivity index (χ1n) is 6.81. The van der Waals surface area contributed by atoms with Gasteiger partial charge in [-0.25, -0.2) is 0 Å². The number of hydrogen-bond acceptors (Lipinski definition) is 2. The highest BCUT2D eigenvalue weighted by Gasteiger charge is 2.30. The fourth-order valence-electron chi connectivity index (χ4n) is 2.71. The molecule has 2 heteroatoms. The van der Waals surface area contributed by atoms with E-state index in [4.69, 9.17) is 4.74 Å². The Bertz CT molecular complexity index is 197. The highest BCUT2D eigenvalue weighted by molar-refractivity contribution is 4.86. The number of hydrogen-bond donors (Lipinski definition) is 1. The van der Waals surface area contributed by atoms with Gasteiger partial charge in [0.15, 0.2) is 0 Å². The molecule has 0 saturated heterocycles. The maximum absolute atomic E-state index is 5.72. The van der Waals surface area contributed by atoms with Crippen LogP contribution in [0.4, 0.5) is 0 Å². The van der Waals surface area contributed by atoms with Crippen LogP contribution in [0, 0.1) is 11.8 Å². The lowest BCUT2D eigenvalue weighted by Crippen LogP contribution is -2.36. The van der Waals surface area contributed by atoms with Crippen molar-refractivity contribution in [2.45, 2.75) is 65.5 Å². The summed E-state index contributed by atoms with van der Waals surface area (Å²) in [6, 6.07) is 0.716. The van der Waals surface area contributed by atoms with E-state index in [1.807, 2.05) is 0 Å². The van der Waals surface area contributed by atoms with Crippen molar-refractivity contribution in [3.8, 4) is 0 Å². The Hall–Kier alpha value is -0.0800. The zero-order valence-electron chi connectivity index (χ0n) is 11.7. The van der Waals surface area contributed by atoms with Crippen molar-refractivity contribution in [3.63, 3.8) is 0 Å². The Morgan fingerprint density at radius 3 is 2.44 bits per heavy atom. The van der Waals surface area contributed by atoms with Gasteiger partial charge in [-0.05, 0) is 45.4 Å². The molecule has 0 aromatic carbocycles. The fraction of sp³-hybridized carbons (Fsp3) is 1.00. The molecule has 1 N–H and O–H groups in total. The van der Waals surface area contributed by atoms with Crippen molar-refractivity contribution >= 4 is 0 Å². The molecule has 0 aromatic heterocycles. The minimum atomic E-state index is -0.00503. The Kier molecular flexibility index (Phi) is 5.26. The minimum Gasteiger partial charge on any atom is -0.375 e. The monoisotopic (exact) mass is 227 g/mol. The molecular weight excluding hydrogens is 198 g/mol. The molecule has 0 bridgehead atoms. The molecule has 1 saturated carbocycles. The van der Waals surface area contributed by atoms with Gasteiger partial charge in [0.05, 0.1) is 12.2 Å². The second-order valence-electron chi connectivity index (χ2n) is 6.13. The van der Waals surface area contributed by atoms with Gasteiger partial charge in [0, 0.05) is 12.6 Å². The Morgan fingerprint density at radius 1 is 1.25 bits per heavy atom. The fourth-order valence-corrected chi connectivity index (χ4v) is 2.71. The number of rotatable bonds is 5. The number of nitrogens with one attached hydrogen (secondary N) is 1. The van der Waals surface area contributed by atoms with Crippen molar-refractivity contribution in [2.24, 2.45) is 11.8 Å². The summed E-state index contributed by atoms with van der Waals surface area (Å²) in [5.41, 5.74) is -0.00503. The SMILES string of the molecule is CCC1CCC(NCCOC(C)(C)C)C1C. The molecule has 0 aromatic rings. The molecule has 16 heavy (non-hydrogen) atoms. The van der Waals surface area contributed by atoms with Crippen LogP contribution in [0.2, 0.25) is 0 Å². The van der Waals surface area contributed by atoms with Crippen LogP contribution in [0.25, 0.3) is 0 Å². The zero-order valence-corrected chi connectivity index (χ0v) is 11.7. The molecule has 1 aliphatic rings. The average Bonchev–Trinajstić information content (AvgIpc) is 2.53. The molecule has 0 aliphatic heterocycles. The summed E-state index contributed by atoms with van der Waals surface area (Å²) >= 11 is 0. The molecule has 1 fully saturated rings. The minimum absolute atomic E-state index is 0.00503. The molecule has 0 heterocycles. The highest BCUT2D eigenvalue weighted by Crippen LogP contribution is 2.33. The molecule has 1 rings (SSSR count). The third-order valence-corrected chi connectivity index (χ3v) is 3.79. The zero-order chi connectivity index (χ0) is 12.2. The van der Waals surface area contributed by atoms with Crippen LogP contribution >= 0.6 is 0 Å². The summed E-state index contributed by atoms with van der Waals surface area (Å²) < 4.78 is 5.72. The maximum atomic E-state index is 5.72. The lowest BCUT2D eigenvalue weighted by atomic mass is 9.93. The van der Waals surface area contributed by atoms with Gasteiger partial charge in [-0.3, -0.25) is 0 Å². The second kappa shape index (κ2) is 6.02. The standard InChI is InChI=1S/C14H29NO/c1-6-12-7-8-13(11(12)2)15-9-10-16-14(3,4)5/h11-13,15H,6-10H2,1-5H3. The first-order valence-corrected chi connectivity index (χ1v) is 6.81. The van der Waals surface area contributed by atoms with Gasteiger partial charge in [-0.15, -0.1) is 0 Å². The van der Waals surface area contributed by atoms with Crippen LogP contribution < -0.4 is 5.32 Å². The summed E-state index contributed by atoms with van der Waals surface area (Å²) in [7, 11) is 0. The Morgan fingerprint density at radius 2 is 1.94 bits per heavy atom. The summed E-state index contributed by atoms with van der Waals surface area (Å²) in [5, 5.41) is 3.64. The second-order valence-corrected chi connectivity index (χ2v) is 6.13. The molecule has 0 spiro atoms. The van der Waals surface area contributed by atoms with E-state index in [-0.39, 0.29) is 5.60 Å². The molecular formula is C14H29NO. The normalized spacial score (nSPS) is 30.9. The third-order valence-electron chi connectivity index (χ3n) is 3.79. The molecule has 1 aliphatic carbocycles. The van der Waals surface area contributed by atoms with Crippen molar-refractivity contribution in [2.75, 3.05) is 13.2 Å². The van der Waals surface area contributed by atoms with E-state index in [0.29, 0.717) is 6.04 Å². The van der Waals surface area contributed by atoms with Crippen LogP contribution in [-0.2, 0) is 4.74 Å². The summed E-state index contributed by atoms with van der Waals surface area (Å²) in [4.78, 5) is 0. The van der Waals surface area contributed by atoms with E-state index in [2.05, 4.69) is 39.9 Å². The molecule has 96 valence electrons. The molecule has 2 nitrogen and oxygen atoms in total. The van der Waals surface area contributed by atoms with Crippen LogP contribution in [0.15, 0.2) is 0 Å². The predicted molar refractivity (Wildman–Crippen MR) is 69.7 cm³/mol. The Balaban J connectivity index is 2.15. The average molecular weight is 227 g/mol. The van der Waals surface area contributed by atoms with Crippen LogP contribution in [0.1, 0.15) is 53.9 Å². The quantitative estimate of drug-likeness (QED) is 0.728. The summed E-state index contributed by atoms with van der Waals surface area (Å²) in [6.45, 7) is 12.8. The van der Waals surface area contributed by atoms with Gasteiger partial charge < -0.3 is 10.1 Å². The molecule has 3 atom stereocenters. The van der Waals surface area contributed by atoms with Gasteiger partial charge in [-0.1, -0.05) is 20.3 Å². The van der Waals surface area contributed by atoms with Crippen molar-refractivity contribution in [3.05, 3.63) is 0 Å². The summed E-state index contributed by atoms with van der Waals surface area (Å²) in [6.07, 6.45) is 4.07. The maximum Gasteiger partial charge on any atom is 0.0599 e. The van der Waals surface area contributed by atoms with Crippen LogP contribution in [-0.4, -0.2) is 24.8 Å². The lowest BCUT2D eigenvalue weighted by Gasteiger charge is -2.23. The van der Waals surface area contributed by atoms with E-state index < -0.39 is 0 Å². The molecule has 3 unspecified atom stereocenters. The van der Waals surface area contributed by atoms with E-state index in [9.17, 15) is 0 Å².